The number of amides is 1. The molecular weight excluding hydrogens is 435 g/mol. The van der Waals surface area contributed by atoms with Gasteiger partial charge in [0.15, 0.2) is 0 Å². The number of hydrogen-bond donors (Lipinski definition) is 1. The molecule has 7 heteroatoms. The van der Waals surface area contributed by atoms with Crippen molar-refractivity contribution in [2.75, 3.05) is 7.11 Å². The highest BCUT2D eigenvalue weighted by Crippen LogP contribution is 2.41. The summed E-state index contributed by atoms with van der Waals surface area (Å²) in [6.45, 7) is 4.00. The van der Waals surface area contributed by atoms with Crippen LogP contribution in [-0.2, 0) is 16.1 Å². The molecule has 1 aliphatic heterocycles. The number of rotatable bonds is 6. The van der Waals surface area contributed by atoms with E-state index < -0.39 is 23.5 Å². The molecule has 1 N–H and O–H groups in total. The van der Waals surface area contributed by atoms with E-state index in [1.807, 2.05) is 13.8 Å². The standard InChI is InChI=1S/C27H25FN2O4/c1-16(2)20-13-18(10-11-22(20)34-3)25(31)23-24(19-8-4-5-9-21(19)28)30(27(33)26(23)32)15-17-7-6-12-29-14-17/h4-14,16,24,31H,15H2,1-3H3/b25-23+. The van der Waals surface area contributed by atoms with Crippen LogP contribution in [0.3, 0.4) is 0 Å². The zero-order valence-corrected chi connectivity index (χ0v) is 19.2. The highest BCUT2D eigenvalue weighted by atomic mass is 19.1. The summed E-state index contributed by atoms with van der Waals surface area (Å²) in [5.74, 6) is -1.88. The first-order valence-corrected chi connectivity index (χ1v) is 10.9. The van der Waals surface area contributed by atoms with Crippen LogP contribution in [0, 0.1) is 5.82 Å². The predicted molar refractivity (Wildman–Crippen MR) is 126 cm³/mol. The van der Waals surface area contributed by atoms with Gasteiger partial charge in [0.25, 0.3) is 11.7 Å². The monoisotopic (exact) mass is 460 g/mol. The van der Waals surface area contributed by atoms with Crippen molar-refractivity contribution in [2.45, 2.75) is 32.4 Å². The van der Waals surface area contributed by atoms with Crippen LogP contribution in [0.2, 0.25) is 0 Å². The molecule has 0 bridgehead atoms. The normalized spacial score (nSPS) is 17.4. The summed E-state index contributed by atoms with van der Waals surface area (Å²) in [5, 5.41) is 11.3. The van der Waals surface area contributed by atoms with Gasteiger partial charge >= 0.3 is 0 Å². The third kappa shape index (κ3) is 4.17. The van der Waals surface area contributed by atoms with Crippen molar-refractivity contribution in [2.24, 2.45) is 0 Å². The van der Waals surface area contributed by atoms with Crippen LogP contribution in [0.4, 0.5) is 4.39 Å². The van der Waals surface area contributed by atoms with Crippen molar-refractivity contribution in [3.05, 3.63) is 101 Å². The van der Waals surface area contributed by atoms with Crippen molar-refractivity contribution in [3.63, 3.8) is 0 Å². The molecule has 0 aliphatic carbocycles. The van der Waals surface area contributed by atoms with E-state index in [4.69, 9.17) is 4.74 Å². The minimum Gasteiger partial charge on any atom is -0.507 e. The average molecular weight is 461 g/mol. The first-order valence-electron chi connectivity index (χ1n) is 10.9. The van der Waals surface area contributed by atoms with Crippen molar-refractivity contribution in [1.82, 2.24) is 9.88 Å². The van der Waals surface area contributed by atoms with Gasteiger partial charge in [-0.3, -0.25) is 14.6 Å². The number of benzene rings is 2. The van der Waals surface area contributed by atoms with Crippen molar-refractivity contribution >= 4 is 17.4 Å². The number of aromatic nitrogens is 1. The second kappa shape index (κ2) is 9.47. The van der Waals surface area contributed by atoms with E-state index in [0.717, 1.165) is 5.56 Å². The highest BCUT2D eigenvalue weighted by molar-refractivity contribution is 6.46. The zero-order valence-electron chi connectivity index (χ0n) is 19.2. The SMILES string of the molecule is COc1ccc(/C(O)=C2\C(=O)C(=O)N(Cc3cccnc3)C2c2ccccc2F)cc1C(C)C. The number of likely N-dealkylation sites (tertiary alicyclic amines) is 1. The Bertz CT molecular complexity index is 1270. The van der Waals surface area contributed by atoms with Crippen LogP contribution in [-0.4, -0.2) is 33.8 Å². The van der Waals surface area contributed by atoms with Crippen LogP contribution in [0.25, 0.3) is 5.76 Å². The summed E-state index contributed by atoms with van der Waals surface area (Å²) in [6, 6.07) is 13.4. The Hall–Kier alpha value is -4.00. The lowest BCUT2D eigenvalue weighted by Gasteiger charge is -2.25. The topological polar surface area (TPSA) is 79.7 Å². The number of aliphatic hydroxyl groups excluding tert-OH is 1. The van der Waals surface area contributed by atoms with Gasteiger partial charge in [-0.25, -0.2) is 4.39 Å². The first kappa shape index (κ1) is 23.2. The summed E-state index contributed by atoms with van der Waals surface area (Å²) < 4.78 is 20.3. The number of pyridine rings is 1. The third-order valence-electron chi connectivity index (χ3n) is 5.94. The van der Waals surface area contributed by atoms with Crippen molar-refractivity contribution < 1.29 is 23.8 Å². The molecule has 174 valence electrons. The summed E-state index contributed by atoms with van der Waals surface area (Å²) in [5.41, 5.74) is 1.84. The van der Waals surface area contributed by atoms with Gasteiger partial charge in [-0.05, 0) is 47.4 Å². The van der Waals surface area contributed by atoms with Crippen molar-refractivity contribution in [3.8, 4) is 5.75 Å². The van der Waals surface area contributed by atoms with E-state index in [2.05, 4.69) is 4.98 Å². The molecule has 4 rings (SSSR count). The van der Waals surface area contributed by atoms with E-state index >= 15 is 0 Å². The number of hydrogen-bond acceptors (Lipinski definition) is 5. The summed E-state index contributed by atoms with van der Waals surface area (Å²) in [4.78, 5) is 31.6. The number of methoxy groups -OCH3 is 1. The van der Waals surface area contributed by atoms with Crippen LogP contribution in [0.1, 0.15) is 48.1 Å². The van der Waals surface area contributed by atoms with Gasteiger partial charge in [0.1, 0.15) is 17.3 Å². The predicted octanol–water partition coefficient (Wildman–Crippen LogP) is 4.97. The molecule has 1 saturated heterocycles. The molecule has 1 aliphatic rings. The van der Waals surface area contributed by atoms with Gasteiger partial charge in [0.2, 0.25) is 0 Å². The van der Waals surface area contributed by atoms with E-state index in [9.17, 15) is 19.1 Å². The highest BCUT2D eigenvalue weighted by Gasteiger charge is 2.47. The zero-order chi connectivity index (χ0) is 24.4. The molecule has 0 spiro atoms. The molecule has 1 amide bonds. The average Bonchev–Trinajstić information content (AvgIpc) is 3.09. The molecule has 0 saturated carbocycles. The lowest BCUT2D eigenvalue weighted by molar-refractivity contribution is -0.140. The minimum absolute atomic E-state index is 0.0358. The third-order valence-corrected chi connectivity index (χ3v) is 5.94. The fraction of sp³-hybridized carbons (Fsp3) is 0.222. The molecule has 1 aromatic heterocycles. The molecule has 1 unspecified atom stereocenters. The molecule has 1 fully saturated rings. The molecular formula is C27H25FN2O4. The van der Waals surface area contributed by atoms with Gasteiger partial charge in [0.05, 0.1) is 18.7 Å². The first-order chi connectivity index (χ1) is 16.3. The number of aliphatic hydroxyl groups is 1. The van der Waals surface area contributed by atoms with Gasteiger partial charge in [-0.2, -0.15) is 0 Å². The number of carbonyl (C=O) groups excluding carboxylic acids is 2. The summed E-state index contributed by atoms with van der Waals surface area (Å²) >= 11 is 0. The fourth-order valence-electron chi connectivity index (χ4n) is 4.24. The molecule has 6 nitrogen and oxygen atoms in total. The Morgan fingerprint density at radius 2 is 1.91 bits per heavy atom. The van der Waals surface area contributed by atoms with E-state index in [1.54, 1.807) is 55.9 Å². The maximum absolute atomic E-state index is 14.9. The van der Waals surface area contributed by atoms with E-state index in [0.29, 0.717) is 16.9 Å². The lowest BCUT2D eigenvalue weighted by Crippen LogP contribution is -2.29. The summed E-state index contributed by atoms with van der Waals surface area (Å²) in [7, 11) is 1.56. The molecule has 0 radical (unpaired) electrons. The Morgan fingerprint density at radius 3 is 2.56 bits per heavy atom. The number of halogens is 1. The van der Waals surface area contributed by atoms with Gasteiger partial charge in [-0.1, -0.05) is 38.1 Å². The second-order valence-corrected chi connectivity index (χ2v) is 8.42. The minimum atomic E-state index is -1.09. The van der Waals surface area contributed by atoms with Crippen LogP contribution in [0.15, 0.2) is 72.6 Å². The largest absolute Gasteiger partial charge is 0.507 e. The second-order valence-electron chi connectivity index (χ2n) is 8.42. The molecule has 3 aromatic rings. The Kier molecular flexibility index (Phi) is 6.45. The molecule has 1 atom stereocenters. The Labute approximate surface area is 197 Å². The van der Waals surface area contributed by atoms with E-state index in [-0.39, 0.29) is 29.4 Å². The quantitative estimate of drug-likeness (QED) is 0.319. The van der Waals surface area contributed by atoms with Gasteiger partial charge in [-0.15, -0.1) is 0 Å². The number of Topliss-reactive ketones (excluding diaryl/α,β-unsaturated/α-hetero) is 1. The fourth-order valence-corrected chi connectivity index (χ4v) is 4.24. The Balaban J connectivity index is 1.90. The number of ether oxygens (including phenoxy) is 1. The summed E-state index contributed by atoms with van der Waals surface area (Å²) in [6.07, 6.45) is 3.18. The maximum atomic E-state index is 14.9. The van der Waals surface area contributed by atoms with Crippen LogP contribution < -0.4 is 4.74 Å². The van der Waals surface area contributed by atoms with E-state index in [1.165, 1.54) is 23.1 Å². The van der Waals surface area contributed by atoms with Gasteiger partial charge in [0, 0.05) is 30.1 Å². The number of nitrogens with zero attached hydrogens (tertiary/aromatic N) is 2. The molecule has 2 aromatic carbocycles. The smallest absolute Gasteiger partial charge is 0.295 e. The van der Waals surface area contributed by atoms with Crippen LogP contribution >= 0.6 is 0 Å². The molecule has 34 heavy (non-hydrogen) atoms. The van der Waals surface area contributed by atoms with Crippen LogP contribution in [0.5, 0.6) is 5.75 Å². The maximum Gasteiger partial charge on any atom is 0.295 e. The number of carbonyl (C=O) groups is 2. The lowest BCUT2D eigenvalue weighted by atomic mass is 9.93. The Morgan fingerprint density at radius 1 is 1.15 bits per heavy atom. The van der Waals surface area contributed by atoms with Gasteiger partial charge < -0.3 is 14.7 Å². The van der Waals surface area contributed by atoms with Crippen molar-refractivity contribution in [1.29, 1.82) is 0 Å². The molecule has 2 heterocycles. The number of ketones is 1.